The van der Waals surface area contributed by atoms with Gasteiger partial charge in [-0.15, -0.1) is 11.3 Å². The van der Waals surface area contributed by atoms with Crippen LogP contribution in [0.1, 0.15) is 50.9 Å². The van der Waals surface area contributed by atoms with Gasteiger partial charge in [0.15, 0.2) is 0 Å². The Labute approximate surface area is 196 Å². The van der Waals surface area contributed by atoms with E-state index < -0.39 is 5.91 Å². The normalized spacial score (nSPS) is 15.2. The maximum Gasteiger partial charge on any atom is 0.257 e. The number of thiophene rings is 1. The van der Waals surface area contributed by atoms with Crippen LogP contribution in [-0.4, -0.2) is 16.8 Å². The second-order valence-electron chi connectivity index (χ2n) is 8.48. The van der Waals surface area contributed by atoms with Crippen LogP contribution in [0.5, 0.6) is 0 Å². The van der Waals surface area contributed by atoms with Gasteiger partial charge in [-0.25, -0.2) is 4.98 Å². The lowest BCUT2D eigenvalue weighted by atomic mass is 9.85. The lowest BCUT2D eigenvalue weighted by Gasteiger charge is -2.20. The number of hydrogen-bond acceptors (Lipinski definition) is 4. The number of primary amides is 1. The second kappa shape index (κ2) is 8.79. The third-order valence-electron chi connectivity index (χ3n) is 6.45. The number of aromatic nitrogens is 1. The molecule has 1 aliphatic rings. The van der Waals surface area contributed by atoms with Gasteiger partial charge in [0, 0.05) is 15.8 Å². The highest BCUT2D eigenvalue weighted by Gasteiger charge is 2.28. The third-order valence-corrected chi connectivity index (χ3v) is 7.62. The number of nitrogens with one attached hydrogen (secondary N) is 1. The first-order valence-electron chi connectivity index (χ1n) is 11.3. The predicted octanol–water partition coefficient (Wildman–Crippen LogP) is 5.83. The first kappa shape index (κ1) is 21.3. The summed E-state index contributed by atoms with van der Waals surface area (Å²) in [7, 11) is 0. The van der Waals surface area contributed by atoms with Gasteiger partial charge in [-0.3, -0.25) is 9.59 Å². The summed E-state index contributed by atoms with van der Waals surface area (Å²) in [5.41, 5.74) is 10.2. The molecule has 2 amide bonds. The number of para-hydroxylation sites is 1. The summed E-state index contributed by atoms with van der Waals surface area (Å²) in [6, 6.07) is 19.2. The summed E-state index contributed by atoms with van der Waals surface area (Å²) in [6.07, 6.45) is 3.91. The Bertz CT molecular complexity index is 1360. The van der Waals surface area contributed by atoms with Crippen LogP contribution < -0.4 is 11.1 Å². The van der Waals surface area contributed by atoms with Crippen LogP contribution in [0.25, 0.3) is 22.2 Å². The molecule has 0 bridgehead atoms. The zero-order chi connectivity index (χ0) is 22.9. The van der Waals surface area contributed by atoms with Crippen LogP contribution in [0.15, 0.2) is 60.7 Å². The minimum atomic E-state index is -0.484. The number of nitrogens with zero attached hydrogens (tertiary/aromatic N) is 1. The van der Waals surface area contributed by atoms with Crippen LogP contribution in [0.2, 0.25) is 0 Å². The van der Waals surface area contributed by atoms with E-state index in [1.165, 1.54) is 16.2 Å². The number of amides is 2. The van der Waals surface area contributed by atoms with Crippen molar-refractivity contribution in [3.05, 3.63) is 82.2 Å². The molecule has 3 N–H and O–H groups in total. The fraction of sp³-hybridized carbons (Fsp3) is 0.222. The van der Waals surface area contributed by atoms with Gasteiger partial charge in [0.2, 0.25) is 0 Å². The fourth-order valence-electron chi connectivity index (χ4n) is 4.64. The summed E-state index contributed by atoms with van der Waals surface area (Å²) < 4.78 is 0. The molecule has 0 fully saturated rings. The molecule has 6 heteroatoms. The molecule has 33 heavy (non-hydrogen) atoms. The Hall–Kier alpha value is -3.51. The molecule has 2 aromatic carbocycles. The first-order valence-corrected chi connectivity index (χ1v) is 12.1. The average Bonchev–Trinajstić information content (AvgIpc) is 3.20. The van der Waals surface area contributed by atoms with Crippen molar-refractivity contribution in [2.45, 2.75) is 32.6 Å². The van der Waals surface area contributed by atoms with E-state index in [9.17, 15) is 9.59 Å². The van der Waals surface area contributed by atoms with Gasteiger partial charge in [-0.2, -0.15) is 0 Å². The Kier molecular flexibility index (Phi) is 5.68. The van der Waals surface area contributed by atoms with E-state index in [-0.39, 0.29) is 5.91 Å². The zero-order valence-corrected chi connectivity index (χ0v) is 19.2. The number of rotatable bonds is 5. The Balaban J connectivity index is 1.57. The molecule has 0 unspecified atom stereocenters. The number of carbonyl (C=O) groups excluding carboxylic acids is 2. The molecule has 0 aliphatic heterocycles. The zero-order valence-electron chi connectivity index (χ0n) is 18.4. The van der Waals surface area contributed by atoms with Gasteiger partial charge in [-0.1, -0.05) is 61.9 Å². The van der Waals surface area contributed by atoms with Crippen molar-refractivity contribution >= 4 is 39.1 Å². The number of anilines is 1. The van der Waals surface area contributed by atoms with E-state index >= 15 is 0 Å². The van der Waals surface area contributed by atoms with Crippen LogP contribution in [-0.2, 0) is 12.8 Å². The van der Waals surface area contributed by atoms with Gasteiger partial charge in [0.05, 0.1) is 22.3 Å². The molecule has 2 heterocycles. The summed E-state index contributed by atoms with van der Waals surface area (Å²) in [5, 5.41) is 4.34. The number of pyridine rings is 1. The molecule has 0 radical (unpaired) electrons. The maximum atomic E-state index is 13.5. The largest absolute Gasteiger partial charge is 0.365 e. The van der Waals surface area contributed by atoms with Crippen molar-refractivity contribution in [1.29, 1.82) is 0 Å². The van der Waals surface area contributed by atoms with Crippen LogP contribution >= 0.6 is 11.3 Å². The van der Waals surface area contributed by atoms with Crippen molar-refractivity contribution in [2.24, 2.45) is 11.7 Å². The number of hydrogen-bond donors (Lipinski definition) is 2. The highest BCUT2D eigenvalue weighted by Crippen LogP contribution is 2.40. The molecule has 1 atom stereocenters. The first-order chi connectivity index (χ1) is 16.0. The van der Waals surface area contributed by atoms with Crippen molar-refractivity contribution in [3.8, 4) is 11.3 Å². The highest BCUT2D eigenvalue weighted by molar-refractivity contribution is 7.17. The van der Waals surface area contributed by atoms with E-state index in [1.807, 2.05) is 60.7 Å². The van der Waals surface area contributed by atoms with Gasteiger partial charge in [0.25, 0.3) is 11.8 Å². The molecular weight excluding hydrogens is 430 g/mol. The van der Waals surface area contributed by atoms with E-state index in [4.69, 9.17) is 10.7 Å². The number of nitrogens with two attached hydrogens (primary N) is 1. The number of carbonyl (C=O) groups is 2. The molecule has 0 spiro atoms. The topological polar surface area (TPSA) is 85.1 Å². The van der Waals surface area contributed by atoms with E-state index in [1.54, 1.807) is 0 Å². The quantitative estimate of drug-likeness (QED) is 0.397. The van der Waals surface area contributed by atoms with Gasteiger partial charge >= 0.3 is 0 Å². The Morgan fingerprint density at radius 1 is 1.12 bits per heavy atom. The van der Waals surface area contributed by atoms with Crippen LogP contribution in [0, 0.1) is 5.92 Å². The van der Waals surface area contributed by atoms with Crippen molar-refractivity contribution in [2.75, 3.05) is 5.32 Å². The third kappa shape index (κ3) is 4.02. The van der Waals surface area contributed by atoms with Crippen molar-refractivity contribution in [3.63, 3.8) is 0 Å². The summed E-state index contributed by atoms with van der Waals surface area (Å²) in [6.45, 7) is 2.19. The van der Waals surface area contributed by atoms with Crippen molar-refractivity contribution < 1.29 is 9.59 Å². The molecule has 5 rings (SSSR count). The molecule has 1 aliphatic carbocycles. The van der Waals surface area contributed by atoms with Crippen LogP contribution in [0.3, 0.4) is 0 Å². The van der Waals surface area contributed by atoms with Gasteiger partial charge in [-0.05, 0) is 42.9 Å². The number of benzene rings is 2. The van der Waals surface area contributed by atoms with Crippen LogP contribution in [0.4, 0.5) is 5.00 Å². The fourth-order valence-corrected chi connectivity index (χ4v) is 6.00. The van der Waals surface area contributed by atoms with E-state index in [0.29, 0.717) is 22.0 Å². The summed E-state index contributed by atoms with van der Waals surface area (Å²) >= 11 is 1.49. The van der Waals surface area contributed by atoms with E-state index in [0.717, 1.165) is 53.4 Å². The maximum absolute atomic E-state index is 13.5. The molecule has 166 valence electrons. The predicted molar refractivity (Wildman–Crippen MR) is 134 cm³/mol. The van der Waals surface area contributed by atoms with Gasteiger partial charge < -0.3 is 11.1 Å². The molecule has 0 saturated heterocycles. The molecular formula is C27H25N3O2S. The highest BCUT2D eigenvalue weighted by atomic mass is 32.1. The summed E-state index contributed by atoms with van der Waals surface area (Å²) in [4.78, 5) is 31.8. The van der Waals surface area contributed by atoms with E-state index in [2.05, 4.69) is 12.2 Å². The Morgan fingerprint density at radius 2 is 1.88 bits per heavy atom. The van der Waals surface area contributed by atoms with Crippen molar-refractivity contribution in [1.82, 2.24) is 4.98 Å². The smallest absolute Gasteiger partial charge is 0.257 e. The number of fused-ring (bicyclic) bond motifs is 2. The summed E-state index contributed by atoms with van der Waals surface area (Å²) in [5.74, 6) is -0.140. The lowest BCUT2D eigenvalue weighted by molar-refractivity contribution is 0.1000. The SMILES string of the molecule is CC[C@@H]1CCc2c(sc(NC(=O)c3cc(-c4ccccc4)nc4ccccc34)c2C(N)=O)C1. The molecule has 5 nitrogen and oxygen atoms in total. The molecule has 2 aromatic heterocycles. The van der Waals surface area contributed by atoms with Gasteiger partial charge in [0.1, 0.15) is 5.00 Å². The molecule has 0 saturated carbocycles. The lowest BCUT2D eigenvalue weighted by Crippen LogP contribution is -2.20. The standard InChI is InChI=1S/C27H25N3O2S/c1-2-16-12-13-19-23(14-16)33-27(24(19)25(28)31)30-26(32)20-15-22(17-8-4-3-5-9-17)29-21-11-7-6-10-18(20)21/h3-11,15-16H,2,12-14H2,1H3,(H2,28,31)(H,30,32)/t16-/m1/s1. The second-order valence-corrected chi connectivity index (χ2v) is 9.59. The average molecular weight is 456 g/mol. The monoisotopic (exact) mass is 455 g/mol. The Morgan fingerprint density at radius 3 is 2.64 bits per heavy atom. The molecule has 4 aromatic rings. The minimum absolute atomic E-state index is 0.265. The minimum Gasteiger partial charge on any atom is -0.365 e.